The number of hydrogen-bond acceptors (Lipinski definition) is 6. The van der Waals surface area contributed by atoms with Crippen LogP contribution in [-0.4, -0.2) is 73.8 Å². The number of aromatic nitrogens is 2. The second kappa shape index (κ2) is 6.65. The summed E-state index contributed by atoms with van der Waals surface area (Å²) in [7, 11) is 0. The molecule has 1 unspecified atom stereocenters. The Balaban J connectivity index is 1.73. The fraction of sp³-hybridized carbons (Fsp3) is 0.538. The predicted octanol–water partition coefficient (Wildman–Crippen LogP) is 0.567. The number of amides is 2. The van der Waals surface area contributed by atoms with Crippen molar-refractivity contribution in [1.82, 2.24) is 19.8 Å². The molecule has 0 aliphatic carbocycles. The van der Waals surface area contributed by atoms with Crippen molar-refractivity contribution >= 4 is 35.3 Å². The van der Waals surface area contributed by atoms with Gasteiger partial charge < -0.3 is 9.80 Å². The van der Waals surface area contributed by atoms with E-state index < -0.39 is 0 Å². The molecule has 1 aromatic rings. The van der Waals surface area contributed by atoms with Crippen LogP contribution in [0, 0.1) is 0 Å². The number of nitrogens with zero attached hydrogens (tertiary/aromatic N) is 4. The molecule has 8 heteroatoms. The van der Waals surface area contributed by atoms with Gasteiger partial charge in [-0.1, -0.05) is 0 Å². The van der Waals surface area contributed by atoms with Crippen molar-refractivity contribution in [2.45, 2.75) is 6.04 Å². The average molecular weight is 324 g/mol. The van der Waals surface area contributed by atoms with E-state index >= 15 is 0 Å². The minimum absolute atomic E-state index is 0.0672. The van der Waals surface area contributed by atoms with E-state index in [1.54, 1.807) is 16.7 Å². The Morgan fingerprint density at radius 2 is 2.00 bits per heavy atom. The van der Waals surface area contributed by atoms with Crippen LogP contribution in [0.25, 0.3) is 0 Å². The molecule has 3 rings (SSSR count). The van der Waals surface area contributed by atoms with E-state index in [4.69, 9.17) is 0 Å². The molecule has 2 amide bonds. The SMILES string of the molecule is O=C(C1CSCN1C(=O)c1cnccn1)N1CCSCC1. The summed E-state index contributed by atoms with van der Waals surface area (Å²) >= 11 is 3.47. The van der Waals surface area contributed by atoms with E-state index in [0.29, 0.717) is 17.3 Å². The first-order chi connectivity index (χ1) is 10.3. The fourth-order valence-corrected chi connectivity index (χ4v) is 4.45. The van der Waals surface area contributed by atoms with Gasteiger partial charge in [0.2, 0.25) is 5.91 Å². The predicted molar refractivity (Wildman–Crippen MR) is 83.2 cm³/mol. The summed E-state index contributed by atoms with van der Waals surface area (Å²) in [6, 6.07) is -0.368. The largest absolute Gasteiger partial charge is 0.339 e. The molecule has 2 fully saturated rings. The zero-order valence-electron chi connectivity index (χ0n) is 11.5. The minimum atomic E-state index is -0.368. The Labute approximate surface area is 131 Å². The third-order valence-corrected chi connectivity index (χ3v) is 5.49. The van der Waals surface area contributed by atoms with Crippen LogP contribution in [0.2, 0.25) is 0 Å². The second-order valence-electron chi connectivity index (χ2n) is 4.82. The normalized spacial score (nSPS) is 22.4. The zero-order chi connectivity index (χ0) is 14.7. The molecule has 112 valence electrons. The smallest absolute Gasteiger partial charge is 0.275 e. The highest BCUT2D eigenvalue weighted by Crippen LogP contribution is 2.25. The summed E-state index contributed by atoms with van der Waals surface area (Å²) in [5.74, 6) is 3.01. The van der Waals surface area contributed by atoms with Crippen LogP contribution >= 0.6 is 23.5 Å². The van der Waals surface area contributed by atoms with Crippen molar-refractivity contribution in [3.63, 3.8) is 0 Å². The lowest BCUT2D eigenvalue weighted by Gasteiger charge is -2.31. The molecule has 2 aliphatic rings. The fourth-order valence-electron chi connectivity index (χ4n) is 2.40. The van der Waals surface area contributed by atoms with Crippen LogP contribution in [0.3, 0.4) is 0 Å². The van der Waals surface area contributed by atoms with Crippen LogP contribution in [0.15, 0.2) is 18.6 Å². The molecule has 2 saturated heterocycles. The van der Waals surface area contributed by atoms with Gasteiger partial charge in [-0.15, -0.1) is 11.8 Å². The number of rotatable bonds is 2. The Morgan fingerprint density at radius 3 is 2.71 bits per heavy atom. The molecule has 2 aliphatic heterocycles. The highest BCUT2D eigenvalue weighted by atomic mass is 32.2. The standard InChI is InChI=1S/C13H16N4O2S2/c18-12(10-7-14-1-2-15-10)17-9-21-8-11(17)13(19)16-3-5-20-6-4-16/h1-2,7,11H,3-6,8-9H2. The van der Waals surface area contributed by atoms with Gasteiger partial charge in [0.15, 0.2) is 0 Å². The Morgan fingerprint density at radius 1 is 1.19 bits per heavy atom. The maximum absolute atomic E-state index is 12.6. The third kappa shape index (κ3) is 3.16. The Hall–Kier alpha value is -1.28. The van der Waals surface area contributed by atoms with Crippen molar-refractivity contribution in [2.75, 3.05) is 36.2 Å². The van der Waals surface area contributed by atoms with E-state index in [2.05, 4.69) is 9.97 Å². The quantitative estimate of drug-likeness (QED) is 0.792. The molecule has 21 heavy (non-hydrogen) atoms. The van der Waals surface area contributed by atoms with Crippen molar-refractivity contribution in [1.29, 1.82) is 0 Å². The number of hydrogen-bond donors (Lipinski definition) is 0. The van der Waals surface area contributed by atoms with Crippen LogP contribution in [0.1, 0.15) is 10.5 Å². The molecule has 0 bridgehead atoms. The van der Waals surface area contributed by atoms with E-state index in [0.717, 1.165) is 24.6 Å². The first-order valence-electron chi connectivity index (χ1n) is 6.78. The maximum Gasteiger partial charge on any atom is 0.275 e. The molecule has 0 spiro atoms. The van der Waals surface area contributed by atoms with Gasteiger partial charge in [-0.05, 0) is 0 Å². The van der Waals surface area contributed by atoms with Crippen molar-refractivity contribution in [3.8, 4) is 0 Å². The van der Waals surface area contributed by atoms with Gasteiger partial charge in [-0.2, -0.15) is 11.8 Å². The van der Waals surface area contributed by atoms with Crippen LogP contribution in [0.4, 0.5) is 0 Å². The lowest BCUT2D eigenvalue weighted by molar-refractivity contribution is -0.134. The Bertz CT molecular complexity index is 522. The second-order valence-corrected chi connectivity index (χ2v) is 7.04. The molecule has 3 heterocycles. The summed E-state index contributed by atoms with van der Waals surface area (Å²) in [6.45, 7) is 1.55. The molecule has 1 atom stereocenters. The van der Waals surface area contributed by atoms with Crippen LogP contribution < -0.4 is 0 Å². The van der Waals surface area contributed by atoms with Gasteiger partial charge in [0, 0.05) is 42.7 Å². The lowest BCUT2D eigenvalue weighted by atomic mass is 10.2. The van der Waals surface area contributed by atoms with Gasteiger partial charge in [0.05, 0.1) is 12.1 Å². The van der Waals surface area contributed by atoms with Gasteiger partial charge >= 0.3 is 0 Å². The van der Waals surface area contributed by atoms with E-state index in [-0.39, 0.29) is 17.9 Å². The van der Waals surface area contributed by atoms with Gasteiger partial charge in [-0.25, -0.2) is 4.98 Å². The highest BCUT2D eigenvalue weighted by molar-refractivity contribution is 7.99. The van der Waals surface area contributed by atoms with Gasteiger partial charge in [0.25, 0.3) is 5.91 Å². The monoisotopic (exact) mass is 324 g/mol. The van der Waals surface area contributed by atoms with E-state index in [1.807, 2.05) is 16.7 Å². The van der Waals surface area contributed by atoms with E-state index in [9.17, 15) is 9.59 Å². The number of thioether (sulfide) groups is 2. The molecule has 0 N–H and O–H groups in total. The summed E-state index contributed by atoms with van der Waals surface area (Å²) in [5.41, 5.74) is 0.298. The molecule has 0 saturated carbocycles. The van der Waals surface area contributed by atoms with Crippen LogP contribution in [0.5, 0.6) is 0 Å². The molecular formula is C13H16N4O2S2. The summed E-state index contributed by atoms with van der Waals surface area (Å²) < 4.78 is 0. The average Bonchev–Trinajstić information content (AvgIpc) is 3.04. The molecular weight excluding hydrogens is 308 g/mol. The zero-order valence-corrected chi connectivity index (χ0v) is 13.1. The third-order valence-electron chi connectivity index (χ3n) is 3.53. The molecule has 0 aromatic carbocycles. The van der Waals surface area contributed by atoms with Gasteiger partial charge in [-0.3, -0.25) is 14.6 Å². The topological polar surface area (TPSA) is 66.4 Å². The summed E-state index contributed by atoms with van der Waals surface area (Å²) in [6.07, 6.45) is 4.48. The van der Waals surface area contributed by atoms with E-state index in [1.165, 1.54) is 18.6 Å². The molecule has 0 radical (unpaired) electrons. The minimum Gasteiger partial charge on any atom is -0.339 e. The maximum atomic E-state index is 12.6. The van der Waals surface area contributed by atoms with Crippen molar-refractivity contribution in [2.24, 2.45) is 0 Å². The number of carbonyl (C=O) groups is 2. The highest BCUT2D eigenvalue weighted by Gasteiger charge is 2.38. The number of carbonyl (C=O) groups excluding carboxylic acids is 2. The Kier molecular flexibility index (Phi) is 4.64. The summed E-state index contributed by atoms with van der Waals surface area (Å²) in [4.78, 5) is 36.6. The lowest BCUT2D eigenvalue weighted by Crippen LogP contribution is -2.51. The van der Waals surface area contributed by atoms with Crippen molar-refractivity contribution in [3.05, 3.63) is 24.3 Å². The molecule has 6 nitrogen and oxygen atoms in total. The van der Waals surface area contributed by atoms with Gasteiger partial charge in [0.1, 0.15) is 11.7 Å². The first kappa shape index (κ1) is 14.6. The molecule has 1 aromatic heterocycles. The van der Waals surface area contributed by atoms with Crippen molar-refractivity contribution < 1.29 is 9.59 Å². The summed E-state index contributed by atoms with van der Waals surface area (Å²) in [5, 5.41) is 0. The van der Waals surface area contributed by atoms with Crippen LogP contribution in [-0.2, 0) is 4.79 Å². The first-order valence-corrected chi connectivity index (χ1v) is 9.09.